The first-order valence-electron chi connectivity index (χ1n) is 6.04. The van der Waals surface area contributed by atoms with Crippen LogP contribution in [0.1, 0.15) is 41.3 Å². The summed E-state index contributed by atoms with van der Waals surface area (Å²) in [4.78, 5) is 12.1. The van der Waals surface area contributed by atoms with E-state index in [1.165, 1.54) is 17.5 Å². The van der Waals surface area contributed by atoms with Gasteiger partial charge in [-0.15, -0.1) is 0 Å². The number of fused-ring (bicyclic) bond motifs is 1. The number of carbonyl (C=O) groups excluding carboxylic acids is 1. The highest BCUT2D eigenvalue weighted by molar-refractivity contribution is 6.09. The van der Waals surface area contributed by atoms with Gasteiger partial charge in [0.25, 0.3) is 0 Å². The molecule has 1 aromatic rings. The maximum absolute atomic E-state index is 12.1. The summed E-state index contributed by atoms with van der Waals surface area (Å²) in [6, 6.07) is 3.78. The molecule has 0 fully saturated rings. The lowest BCUT2D eigenvalue weighted by Gasteiger charge is -2.21. The zero-order chi connectivity index (χ0) is 12.4. The summed E-state index contributed by atoms with van der Waals surface area (Å²) in [7, 11) is 1.68. The smallest absolute Gasteiger partial charge is 0.188 e. The van der Waals surface area contributed by atoms with Gasteiger partial charge in [-0.3, -0.25) is 4.79 Å². The van der Waals surface area contributed by atoms with Crippen LogP contribution in [0.4, 0.5) is 0 Å². The van der Waals surface area contributed by atoms with Gasteiger partial charge in [0.2, 0.25) is 0 Å². The van der Waals surface area contributed by atoms with Crippen molar-refractivity contribution in [3.05, 3.63) is 41.0 Å². The molecule has 2 rings (SSSR count). The van der Waals surface area contributed by atoms with Crippen molar-refractivity contribution in [3.8, 4) is 5.75 Å². The Bertz CT molecular complexity index is 472. The molecule has 0 atom stereocenters. The van der Waals surface area contributed by atoms with E-state index in [1.807, 2.05) is 12.1 Å². The van der Waals surface area contributed by atoms with Crippen LogP contribution < -0.4 is 4.74 Å². The van der Waals surface area contributed by atoms with Gasteiger partial charge in [0.05, 0.1) is 7.11 Å². The number of rotatable bonds is 3. The molecule has 1 aromatic carbocycles. The van der Waals surface area contributed by atoms with Crippen molar-refractivity contribution < 1.29 is 9.53 Å². The van der Waals surface area contributed by atoms with Gasteiger partial charge < -0.3 is 4.74 Å². The van der Waals surface area contributed by atoms with Crippen molar-refractivity contribution in [2.24, 2.45) is 0 Å². The highest BCUT2D eigenvalue weighted by Crippen LogP contribution is 2.32. The van der Waals surface area contributed by atoms with Gasteiger partial charge in [0, 0.05) is 5.56 Å². The molecule has 90 valence electrons. The van der Waals surface area contributed by atoms with E-state index in [2.05, 4.69) is 6.58 Å². The van der Waals surface area contributed by atoms with E-state index in [1.54, 1.807) is 14.0 Å². The summed E-state index contributed by atoms with van der Waals surface area (Å²) in [5.41, 5.74) is 3.80. The SMILES string of the molecule is C=C(C)C(=O)c1ccc(OC)c2c1CCCC2. The number of hydrogen-bond donors (Lipinski definition) is 0. The molecule has 1 aliphatic carbocycles. The second kappa shape index (κ2) is 4.74. The number of methoxy groups -OCH3 is 1. The summed E-state index contributed by atoms with van der Waals surface area (Å²) in [6.45, 7) is 5.51. The highest BCUT2D eigenvalue weighted by atomic mass is 16.5. The van der Waals surface area contributed by atoms with E-state index in [-0.39, 0.29) is 5.78 Å². The number of carbonyl (C=O) groups is 1. The van der Waals surface area contributed by atoms with Gasteiger partial charge in [-0.05, 0) is 61.4 Å². The molecule has 1 aliphatic rings. The Morgan fingerprint density at radius 3 is 2.47 bits per heavy atom. The lowest BCUT2D eigenvalue weighted by atomic mass is 9.85. The molecule has 0 aliphatic heterocycles. The minimum atomic E-state index is 0.0609. The van der Waals surface area contributed by atoms with Crippen molar-refractivity contribution in [1.29, 1.82) is 0 Å². The van der Waals surface area contributed by atoms with Crippen LogP contribution in [0.5, 0.6) is 5.75 Å². The number of hydrogen-bond acceptors (Lipinski definition) is 2. The van der Waals surface area contributed by atoms with Gasteiger partial charge in [0.15, 0.2) is 5.78 Å². The molecule has 0 saturated heterocycles. The predicted molar refractivity (Wildman–Crippen MR) is 68.8 cm³/mol. The van der Waals surface area contributed by atoms with Crippen molar-refractivity contribution >= 4 is 5.78 Å². The number of ether oxygens (including phenoxy) is 1. The lowest BCUT2D eigenvalue weighted by molar-refractivity contribution is 0.103. The summed E-state index contributed by atoms with van der Waals surface area (Å²) in [5.74, 6) is 0.976. The van der Waals surface area contributed by atoms with Gasteiger partial charge in [-0.2, -0.15) is 0 Å². The topological polar surface area (TPSA) is 26.3 Å². The summed E-state index contributed by atoms with van der Waals surface area (Å²) in [5, 5.41) is 0. The number of benzene rings is 1. The fourth-order valence-electron chi connectivity index (χ4n) is 2.47. The molecule has 0 saturated carbocycles. The molecule has 0 N–H and O–H groups in total. The molecule has 0 bridgehead atoms. The average Bonchev–Trinajstić information content (AvgIpc) is 2.36. The van der Waals surface area contributed by atoms with E-state index < -0.39 is 0 Å². The largest absolute Gasteiger partial charge is 0.496 e. The second-order valence-corrected chi connectivity index (χ2v) is 4.59. The van der Waals surface area contributed by atoms with E-state index in [4.69, 9.17) is 4.74 Å². The standard InChI is InChI=1S/C15H18O2/c1-10(2)15(16)13-8-9-14(17-3)12-7-5-4-6-11(12)13/h8-9H,1,4-7H2,2-3H3. The monoisotopic (exact) mass is 230 g/mol. The first kappa shape index (κ1) is 11.9. The fourth-order valence-corrected chi connectivity index (χ4v) is 2.47. The Labute approximate surface area is 102 Å². The molecule has 0 amide bonds. The third-order valence-electron chi connectivity index (χ3n) is 3.34. The summed E-state index contributed by atoms with van der Waals surface area (Å²) < 4.78 is 5.37. The van der Waals surface area contributed by atoms with E-state index in [9.17, 15) is 4.79 Å². The molecular formula is C15H18O2. The fraction of sp³-hybridized carbons (Fsp3) is 0.400. The van der Waals surface area contributed by atoms with E-state index >= 15 is 0 Å². The van der Waals surface area contributed by atoms with Gasteiger partial charge in [0.1, 0.15) is 5.75 Å². The van der Waals surface area contributed by atoms with Gasteiger partial charge in [-0.25, -0.2) is 0 Å². The Hall–Kier alpha value is -1.57. The van der Waals surface area contributed by atoms with E-state index in [0.717, 1.165) is 30.6 Å². The molecule has 0 radical (unpaired) electrons. The summed E-state index contributed by atoms with van der Waals surface area (Å²) in [6.07, 6.45) is 4.31. The minimum Gasteiger partial charge on any atom is -0.496 e. The van der Waals surface area contributed by atoms with Crippen molar-refractivity contribution in [1.82, 2.24) is 0 Å². The Balaban J connectivity index is 2.55. The maximum atomic E-state index is 12.1. The van der Waals surface area contributed by atoms with Gasteiger partial charge >= 0.3 is 0 Å². The molecular weight excluding hydrogens is 212 g/mol. The molecule has 0 heterocycles. The number of allylic oxidation sites excluding steroid dienone is 1. The van der Waals surface area contributed by atoms with Crippen LogP contribution in [0.2, 0.25) is 0 Å². The zero-order valence-electron chi connectivity index (χ0n) is 10.5. The third-order valence-corrected chi connectivity index (χ3v) is 3.34. The van der Waals surface area contributed by atoms with Crippen LogP contribution >= 0.6 is 0 Å². The van der Waals surface area contributed by atoms with Crippen LogP contribution in [0.25, 0.3) is 0 Å². The first-order chi connectivity index (χ1) is 8.15. The van der Waals surface area contributed by atoms with Crippen LogP contribution in [0.3, 0.4) is 0 Å². The van der Waals surface area contributed by atoms with E-state index in [0.29, 0.717) is 5.57 Å². The lowest BCUT2D eigenvalue weighted by Crippen LogP contribution is -2.12. The van der Waals surface area contributed by atoms with Crippen molar-refractivity contribution in [2.45, 2.75) is 32.6 Å². The van der Waals surface area contributed by atoms with Crippen molar-refractivity contribution in [3.63, 3.8) is 0 Å². The Morgan fingerprint density at radius 2 is 1.88 bits per heavy atom. The van der Waals surface area contributed by atoms with Gasteiger partial charge in [-0.1, -0.05) is 6.58 Å². The molecule has 2 nitrogen and oxygen atoms in total. The van der Waals surface area contributed by atoms with Crippen LogP contribution in [0, 0.1) is 0 Å². The molecule has 17 heavy (non-hydrogen) atoms. The van der Waals surface area contributed by atoms with Crippen LogP contribution in [-0.2, 0) is 12.8 Å². The first-order valence-corrected chi connectivity index (χ1v) is 6.04. The molecule has 0 unspecified atom stereocenters. The minimum absolute atomic E-state index is 0.0609. The van der Waals surface area contributed by atoms with Crippen LogP contribution in [-0.4, -0.2) is 12.9 Å². The summed E-state index contributed by atoms with van der Waals surface area (Å²) >= 11 is 0. The highest BCUT2D eigenvalue weighted by Gasteiger charge is 2.21. The molecule has 0 spiro atoms. The predicted octanol–water partition coefficient (Wildman–Crippen LogP) is 3.33. The quantitative estimate of drug-likeness (QED) is 0.588. The third kappa shape index (κ3) is 2.12. The van der Waals surface area contributed by atoms with Crippen LogP contribution in [0.15, 0.2) is 24.3 Å². The van der Waals surface area contributed by atoms with Crippen molar-refractivity contribution in [2.75, 3.05) is 7.11 Å². The zero-order valence-corrected chi connectivity index (χ0v) is 10.5. The number of Topliss-reactive ketones (excluding diaryl/α,β-unsaturated/α-hetero) is 1. The Morgan fingerprint density at radius 1 is 1.24 bits per heavy atom. The second-order valence-electron chi connectivity index (χ2n) is 4.59. The number of ketones is 1. The normalized spacial score (nSPS) is 14.0. The Kier molecular flexibility index (Phi) is 3.32. The molecule has 2 heteroatoms. The molecule has 0 aromatic heterocycles. The average molecular weight is 230 g/mol. The maximum Gasteiger partial charge on any atom is 0.188 e.